The molecule has 3 heteroatoms. The van der Waals surface area contributed by atoms with Gasteiger partial charge in [-0.15, -0.1) is 0 Å². The first-order chi connectivity index (χ1) is 8.27. The van der Waals surface area contributed by atoms with Gasteiger partial charge in [-0.25, -0.2) is 0 Å². The predicted molar refractivity (Wildman–Crippen MR) is 68.9 cm³/mol. The van der Waals surface area contributed by atoms with Gasteiger partial charge in [-0.05, 0) is 25.3 Å². The van der Waals surface area contributed by atoms with Gasteiger partial charge in [0.25, 0.3) is 0 Å². The van der Waals surface area contributed by atoms with Crippen LogP contribution in [0.15, 0.2) is 30.3 Å². The second-order valence-corrected chi connectivity index (χ2v) is 4.65. The summed E-state index contributed by atoms with van der Waals surface area (Å²) in [4.78, 5) is 11.9. The number of hydrogen-bond donors (Lipinski definition) is 2. The molecule has 2 rings (SSSR count). The lowest BCUT2D eigenvalue weighted by molar-refractivity contribution is -0.122. The van der Waals surface area contributed by atoms with Crippen molar-refractivity contribution in [2.75, 3.05) is 13.1 Å². The average Bonchev–Trinajstić information content (AvgIpc) is 3.18. The molecule has 0 spiro atoms. The van der Waals surface area contributed by atoms with E-state index in [0.29, 0.717) is 12.6 Å². The second kappa shape index (κ2) is 5.82. The summed E-state index contributed by atoms with van der Waals surface area (Å²) in [7, 11) is 0. The van der Waals surface area contributed by atoms with Gasteiger partial charge in [0, 0.05) is 19.1 Å². The van der Waals surface area contributed by atoms with Crippen LogP contribution in [0, 0.1) is 0 Å². The van der Waals surface area contributed by atoms with E-state index in [1.54, 1.807) is 0 Å². The maximum Gasteiger partial charge on any atom is 0.227 e. The molecule has 3 nitrogen and oxygen atoms in total. The fraction of sp³-hybridized carbons (Fsp3) is 0.500. The van der Waals surface area contributed by atoms with Crippen molar-refractivity contribution in [2.24, 2.45) is 0 Å². The lowest BCUT2D eigenvalue weighted by atomic mass is 10.0. The highest BCUT2D eigenvalue weighted by atomic mass is 16.1. The second-order valence-electron chi connectivity index (χ2n) is 4.65. The first-order valence-corrected chi connectivity index (χ1v) is 6.33. The van der Waals surface area contributed by atoms with E-state index in [1.807, 2.05) is 37.3 Å². The van der Waals surface area contributed by atoms with Crippen molar-refractivity contribution in [3.8, 4) is 0 Å². The average molecular weight is 232 g/mol. The minimum absolute atomic E-state index is 0.0721. The Hall–Kier alpha value is -1.35. The molecule has 0 saturated heterocycles. The van der Waals surface area contributed by atoms with Crippen molar-refractivity contribution in [3.05, 3.63) is 35.9 Å². The van der Waals surface area contributed by atoms with Crippen LogP contribution in [0.2, 0.25) is 0 Å². The Labute approximate surface area is 103 Å². The first-order valence-electron chi connectivity index (χ1n) is 6.33. The molecule has 0 aliphatic heterocycles. The molecule has 1 aliphatic carbocycles. The zero-order chi connectivity index (χ0) is 12.1. The van der Waals surface area contributed by atoms with Gasteiger partial charge in [-0.1, -0.05) is 30.3 Å². The summed E-state index contributed by atoms with van der Waals surface area (Å²) in [5.41, 5.74) is 1.07. The minimum atomic E-state index is -0.0721. The lowest BCUT2D eigenvalue weighted by Crippen LogP contribution is -2.34. The monoisotopic (exact) mass is 232 g/mol. The van der Waals surface area contributed by atoms with E-state index in [0.717, 1.165) is 12.1 Å². The highest BCUT2D eigenvalue weighted by molar-refractivity contribution is 5.83. The summed E-state index contributed by atoms with van der Waals surface area (Å²) in [6.45, 7) is 3.53. The van der Waals surface area contributed by atoms with E-state index in [1.165, 1.54) is 12.8 Å². The van der Waals surface area contributed by atoms with Crippen LogP contribution >= 0.6 is 0 Å². The van der Waals surface area contributed by atoms with Gasteiger partial charge in [0.2, 0.25) is 5.91 Å². The summed E-state index contributed by atoms with van der Waals surface area (Å²) in [6.07, 6.45) is 2.57. The standard InChI is InChI=1S/C14H20N2O/c1-11(12-5-3-2-4-6-12)14(17)16-10-9-15-13-7-8-13/h2-6,11,13,15H,7-10H2,1H3,(H,16,17). The molecule has 0 heterocycles. The molecule has 1 saturated carbocycles. The fourth-order valence-corrected chi connectivity index (χ4v) is 1.80. The van der Waals surface area contributed by atoms with Gasteiger partial charge in [-0.3, -0.25) is 4.79 Å². The molecule has 1 aromatic rings. The Morgan fingerprint density at radius 2 is 2.00 bits per heavy atom. The summed E-state index contributed by atoms with van der Waals surface area (Å²) < 4.78 is 0. The van der Waals surface area contributed by atoms with Crippen LogP contribution < -0.4 is 10.6 Å². The number of benzene rings is 1. The third kappa shape index (κ3) is 3.86. The van der Waals surface area contributed by atoms with Crippen LogP contribution in [0.1, 0.15) is 31.2 Å². The number of carbonyl (C=O) groups excluding carboxylic acids is 1. The van der Waals surface area contributed by atoms with Gasteiger partial charge in [0.1, 0.15) is 0 Å². The maximum absolute atomic E-state index is 11.9. The summed E-state index contributed by atoms with van der Waals surface area (Å²) >= 11 is 0. The molecule has 2 N–H and O–H groups in total. The molecule has 1 amide bonds. The molecular weight excluding hydrogens is 212 g/mol. The van der Waals surface area contributed by atoms with E-state index in [-0.39, 0.29) is 11.8 Å². The molecule has 17 heavy (non-hydrogen) atoms. The SMILES string of the molecule is CC(C(=O)NCCNC1CC1)c1ccccc1. The van der Waals surface area contributed by atoms with Gasteiger partial charge in [0.05, 0.1) is 5.92 Å². The molecule has 1 unspecified atom stereocenters. The molecule has 0 aromatic heterocycles. The van der Waals surface area contributed by atoms with Crippen molar-refractivity contribution in [1.29, 1.82) is 0 Å². The molecular formula is C14H20N2O. The fourth-order valence-electron chi connectivity index (χ4n) is 1.80. The van der Waals surface area contributed by atoms with Crippen molar-refractivity contribution in [3.63, 3.8) is 0 Å². The van der Waals surface area contributed by atoms with Crippen molar-refractivity contribution in [1.82, 2.24) is 10.6 Å². The van der Waals surface area contributed by atoms with Crippen molar-refractivity contribution in [2.45, 2.75) is 31.7 Å². The van der Waals surface area contributed by atoms with E-state index >= 15 is 0 Å². The van der Waals surface area contributed by atoms with Crippen LogP contribution in [0.3, 0.4) is 0 Å². The minimum Gasteiger partial charge on any atom is -0.354 e. The first kappa shape index (κ1) is 12.1. The number of rotatable bonds is 6. The van der Waals surface area contributed by atoms with Crippen LogP contribution in [0.4, 0.5) is 0 Å². The van der Waals surface area contributed by atoms with Crippen LogP contribution in [0.25, 0.3) is 0 Å². The van der Waals surface area contributed by atoms with Crippen molar-refractivity contribution >= 4 is 5.91 Å². The van der Waals surface area contributed by atoms with Gasteiger partial charge in [-0.2, -0.15) is 0 Å². The number of nitrogens with one attached hydrogen (secondary N) is 2. The maximum atomic E-state index is 11.9. The molecule has 1 atom stereocenters. The molecule has 92 valence electrons. The number of amides is 1. The summed E-state index contributed by atoms with van der Waals surface area (Å²) in [5, 5.41) is 6.34. The third-order valence-electron chi connectivity index (χ3n) is 3.13. The van der Waals surface area contributed by atoms with Gasteiger partial charge < -0.3 is 10.6 Å². The molecule has 1 aliphatic rings. The Morgan fingerprint density at radius 3 is 2.65 bits per heavy atom. The number of carbonyl (C=O) groups is 1. The predicted octanol–water partition coefficient (Wildman–Crippen LogP) is 1.66. The lowest BCUT2D eigenvalue weighted by Gasteiger charge is -2.12. The van der Waals surface area contributed by atoms with E-state index in [9.17, 15) is 4.79 Å². The third-order valence-corrected chi connectivity index (χ3v) is 3.13. The Kier molecular flexibility index (Phi) is 4.15. The Balaban J connectivity index is 1.71. The number of hydrogen-bond acceptors (Lipinski definition) is 2. The smallest absolute Gasteiger partial charge is 0.227 e. The van der Waals surface area contributed by atoms with E-state index < -0.39 is 0 Å². The van der Waals surface area contributed by atoms with Gasteiger partial charge >= 0.3 is 0 Å². The quantitative estimate of drug-likeness (QED) is 0.732. The highest BCUT2D eigenvalue weighted by Gasteiger charge is 2.20. The highest BCUT2D eigenvalue weighted by Crippen LogP contribution is 2.18. The summed E-state index contributed by atoms with van der Waals surface area (Å²) in [5.74, 6) is 0.0333. The Bertz CT molecular complexity index is 360. The van der Waals surface area contributed by atoms with E-state index in [4.69, 9.17) is 0 Å². The van der Waals surface area contributed by atoms with E-state index in [2.05, 4.69) is 10.6 Å². The molecule has 1 fully saturated rings. The largest absolute Gasteiger partial charge is 0.354 e. The zero-order valence-electron chi connectivity index (χ0n) is 10.3. The van der Waals surface area contributed by atoms with Crippen LogP contribution in [0.5, 0.6) is 0 Å². The molecule has 0 radical (unpaired) electrons. The van der Waals surface area contributed by atoms with Crippen LogP contribution in [-0.2, 0) is 4.79 Å². The normalized spacial score (nSPS) is 16.5. The van der Waals surface area contributed by atoms with Crippen LogP contribution in [-0.4, -0.2) is 25.0 Å². The zero-order valence-corrected chi connectivity index (χ0v) is 10.3. The summed E-state index contributed by atoms with van der Waals surface area (Å²) in [6, 6.07) is 10.6. The topological polar surface area (TPSA) is 41.1 Å². The van der Waals surface area contributed by atoms with Gasteiger partial charge in [0.15, 0.2) is 0 Å². The Morgan fingerprint density at radius 1 is 1.29 bits per heavy atom. The van der Waals surface area contributed by atoms with Crippen molar-refractivity contribution < 1.29 is 4.79 Å². The molecule has 1 aromatic carbocycles. The molecule has 0 bridgehead atoms.